The number of ether oxygens (including phenoxy) is 1. The Kier molecular flexibility index (Phi) is 5.83. The number of aromatic nitrogens is 1. The minimum Gasteiger partial charge on any atom is -0.497 e. The van der Waals surface area contributed by atoms with E-state index < -0.39 is 0 Å². The molecule has 4 aromatic rings. The van der Waals surface area contributed by atoms with Crippen molar-refractivity contribution in [2.75, 3.05) is 12.9 Å². The van der Waals surface area contributed by atoms with Crippen LogP contribution >= 0.6 is 11.8 Å². The summed E-state index contributed by atoms with van der Waals surface area (Å²) in [7, 11) is 1.60. The Bertz CT molecular complexity index is 1300. The third kappa shape index (κ3) is 4.21. The molecule has 0 saturated heterocycles. The van der Waals surface area contributed by atoms with Crippen LogP contribution in [0.4, 0.5) is 0 Å². The van der Waals surface area contributed by atoms with Crippen LogP contribution in [-0.4, -0.2) is 23.0 Å². The van der Waals surface area contributed by atoms with Gasteiger partial charge in [0.25, 0.3) is 0 Å². The number of aryl methyl sites for hydroxylation is 2. The fourth-order valence-corrected chi connectivity index (χ4v) is 4.61. The summed E-state index contributed by atoms with van der Waals surface area (Å²) in [5.74, 6) is 0.974. The molecule has 154 valence electrons. The van der Waals surface area contributed by atoms with Crippen molar-refractivity contribution in [1.29, 1.82) is 5.26 Å². The molecule has 0 atom stereocenters. The number of fused-ring (bicyclic) bond motifs is 1. The number of ketones is 1. The molecule has 0 radical (unpaired) electrons. The molecule has 0 N–H and O–H groups in total. The van der Waals surface area contributed by atoms with Crippen molar-refractivity contribution in [2.24, 2.45) is 0 Å². The molecular weight excluding hydrogens is 404 g/mol. The van der Waals surface area contributed by atoms with E-state index in [1.807, 2.05) is 23.6 Å². The molecule has 0 amide bonds. The number of nitrogens with zero attached hydrogens (tertiary/aromatic N) is 2. The lowest BCUT2D eigenvalue weighted by atomic mass is 10.1. The molecule has 2 heterocycles. The van der Waals surface area contributed by atoms with E-state index in [1.54, 1.807) is 31.4 Å². The molecule has 0 fully saturated rings. The molecular formula is C26H22N2O2S. The lowest BCUT2D eigenvalue weighted by molar-refractivity contribution is 0.102. The number of benzene rings is 2. The van der Waals surface area contributed by atoms with Gasteiger partial charge in [0.05, 0.1) is 23.5 Å². The molecule has 0 spiro atoms. The van der Waals surface area contributed by atoms with E-state index in [2.05, 4.69) is 43.3 Å². The van der Waals surface area contributed by atoms with Gasteiger partial charge in [0.1, 0.15) is 11.8 Å². The first-order chi connectivity index (χ1) is 15.0. The molecule has 5 heteroatoms. The highest BCUT2D eigenvalue weighted by Gasteiger charge is 2.16. The summed E-state index contributed by atoms with van der Waals surface area (Å²) in [6.45, 7) is 4.00. The summed E-state index contributed by atoms with van der Waals surface area (Å²) in [5.41, 5.74) is 6.56. The third-order valence-corrected chi connectivity index (χ3v) is 6.37. The molecule has 0 bridgehead atoms. The summed E-state index contributed by atoms with van der Waals surface area (Å²) < 4.78 is 7.18. The predicted molar refractivity (Wildman–Crippen MR) is 125 cm³/mol. The van der Waals surface area contributed by atoms with Crippen molar-refractivity contribution in [1.82, 2.24) is 4.40 Å². The van der Waals surface area contributed by atoms with Gasteiger partial charge in [-0.3, -0.25) is 4.79 Å². The molecule has 4 rings (SSSR count). The molecule has 0 aliphatic carbocycles. The number of nitriles is 1. The molecule has 0 unspecified atom stereocenters. The van der Waals surface area contributed by atoms with Crippen LogP contribution in [0.2, 0.25) is 0 Å². The highest BCUT2D eigenvalue weighted by molar-refractivity contribution is 8.00. The second kappa shape index (κ2) is 8.71. The minimum absolute atomic E-state index is 0.0112. The van der Waals surface area contributed by atoms with E-state index in [0.29, 0.717) is 16.9 Å². The van der Waals surface area contributed by atoms with E-state index in [-0.39, 0.29) is 11.5 Å². The Morgan fingerprint density at radius 2 is 1.74 bits per heavy atom. The van der Waals surface area contributed by atoms with Crippen LogP contribution < -0.4 is 4.74 Å². The van der Waals surface area contributed by atoms with Crippen molar-refractivity contribution in [3.8, 4) is 22.9 Å². The van der Waals surface area contributed by atoms with E-state index in [0.717, 1.165) is 27.2 Å². The summed E-state index contributed by atoms with van der Waals surface area (Å²) in [4.78, 5) is 12.7. The van der Waals surface area contributed by atoms with Gasteiger partial charge in [-0.05, 0) is 61.4 Å². The fraction of sp³-hybridized carbons (Fsp3) is 0.154. The maximum Gasteiger partial charge on any atom is 0.173 e. The lowest BCUT2D eigenvalue weighted by Crippen LogP contribution is -2.05. The number of Topliss-reactive ketones (excluding diaryl/α,β-unsaturated/α-hetero) is 1. The van der Waals surface area contributed by atoms with Crippen LogP contribution in [0.1, 0.15) is 27.0 Å². The molecule has 31 heavy (non-hydrogen) atoms. The summed E-state index contributed by atoms with van der Waals surface area (Å²) in [5, 5.41) is 10.6. The zero-order valence-electron chi connectivity index (χ0n) is 17.7. The number of pyridine rings is 1. The van der Waals surface area contributed by atoms with Crippen LogP contribution in [0.15, 0.2) is 71.9 Å². The smallest absolute Gasteiger partial charge is 0.173 e. The first-order valence-electron chi connectivity index (χ1n) is 9.93. The fourth-order valence-electron chi connectivity index (χ4n) is 3.53. The second-order valence-electron chi connectivity index (χ2n) is 7.45. The van der Waals surface area contributed by atoms with Gasteiger partial charge in [-0.1, -0.05) is 41.6 Å². The highest BCUT2D eigenvalue weighted by Crippen LogP contribution is 2.32. The van der Waals surface area contributed by atoms with E-state index in [4.69, 9.17) is 4.74 Å². The van der Waals surface area contributed by atoms with Gasteiger partial charge < -0.3 is 9.14 Å². The van der Waals surface area contributed by atoms with Crippen molar-refractivity contribution in [2.45, 2.75) is 18.9 Å². The predicted octanol–water partition coefficient (Wildman–Crippen LogP) is 6.08. The number of hydrogen-bond donors (Lipinski definition) is 0. The van der Waals surface area contributed by atoms with Crippen molar-refractivity contribution in [3.63, 3.8) is 0 Å². The Morgan fingerprint density at radius 3 is 2.39 bits per heavy atom. The maximum absolute atomic E-state index is 12.7. The van der Waals surface area contributed by atoms with Gasteiger partial charge in [-0.2, -0.15) is 5.26 Å². The Labute approximate surface area is 186 Å². The number of carbonyl (C=O) groups is 1. The van der Waals surface area contributed by atoms with E-state index in [1.165, 1.54) is 17.3 Å². The largest absolute Gasteiger partial charge is 0.497 e. The number of carbonyl (C=O) groups excluding carboxylic acids is 1. The Morgan fingerprint density at radius 1 is 1.03 bits per heavy atom. The van der Waals surface area contributed by atoms with Crippen LogP contribution in [0.3, 0.4) is 0 Å². The van der Waals surface area contributed by atoms with Crippen LogP contribution in [0.25, 0.3) is 16.6 Å². The van der Waals surface area contributed by atoms with Crippen molar-refractivity contribution < 1.29 is 9.53 Å². The highest BCUT2D eigenvalue weighted by atomic mass is 32.2. The SMILES string of the molecule is COc1ccc(C(=O)CSc2c(C#N)c(C)cc3cc(-c4ccc(C)cc4)cn23)cc1. The van der Waals surface area contributed by atoms with Gasteiger partial charge in [-0.15, -0.1) is 0 Å². The molecule has 2 aromatic carbocycles. The Balaban J connectivity index is 1.68. The van der Waals surface area contributed by atoms with Gasteiger partial charge in [0, 0.05) is 22.8 Å². The Hall–Kier alpha value is -3.49. The van der Waals surface area contributed by atoms with Gasteiger partial charge in [0.2, 0.25) is 0 Å². The maximum atomic E-state index is 12.7. The van der Waals surface area contributed by atoms with E-state index in [9.17, 15) is 10.1 Å². The van der Waals surface area contributed by atoms with Crippen molar-refractivity contribution >= 4 is 23.1 Å². The average molecular weight is 427 g/mol. The molecule has 4 nitrogen and oxygen atoms in total. The van der Waals surface area contributed by atoms with Crippen molar-refractivity contribution in [3.05, 3.63) is 89.1 Å². The molecule has 2 aromatic heterocycles. The van der Waals surface area contributed by atoms with E-state index >= 15 is 0 Å². The third-order valence-electron chi connectivity index (χ3n) is 5.29. The van der Waals surface area contributed by atoms with Gasteiger partial charge in [0.15, 0.2) is 5.78 Å². The number of methoxy groups -OCH3 is 1. The second-order valence-corrected chi connectivity index (χ2v) is 8.41. The zero-order chi connectivity index (χ0) is 22.0. The van der Waals surface area contributed by atoms with Crippen LogP contribution in [0.5, 0.6) is 5.75 Å². The normalized spacial score (nSPS) is 10.8. The minimum atomic E-state index is 0.0112. The summed E-state index contributed by atoms with van der Waals surface area (Å²) >= 11 is 1.40. The summed E-state index contributed by atoms with van der Waals surface area (Å²) in [6, 6.07) is 21.9. The quantitative estimate of drug-likeness (QED) is 0.277. The first-order valence-corrected chi connectivity index (χ1v) is 10.9. The number of rotatable bonds is 6. The first kappa shape index (κ1) is 20.8. The van der Waals surface area contributed by atoms with Crippen LogP contribution in [-0.2, 0) is 0 Å². The van der Waals surface area contributed by atoms with Gasteiger partial charge >= 0.3 is 0 Å². The average Bonchev–Trinajstić information content (AvgIpc) is 3.21. The monoisotopic (exact) mass is 426 g/mol. The topological polar surface area (TPSA) is 54.5 Å². The molecule has 0 aliphatic heterocycles. The van der Waals surface area contributed by atoms with Gasteiger partial charge in [-0.25, -0.2) is 0 Å². The van der Waals surface area contributed by atoms with Crippen LogP contribution in [0, 0.1) is 25.2 Å². The summed E-state index contributed by atoms with van der Waals surface area (Å²) in [6.07, 6.45) is 2.04. The standard InChI is InChI=1S/C26H22N2O2S/c1-17-4-6-19(7-5-17)21-13-22-12-18(2)24(14-27)26(28(22)15-21)31-16-25(29)20-8-10-23(30-3)11-9-20/h4-13,15H,16H2,1-3H3. The zero-order valence-corrected chi connectivity index (χ0v) is 18.5. The number of hydrogen-bond acceptors (Lipinski definition) is 4. The molecule has 0 aliphatic rings. The lowest BCUT2D eigenvalue weighted by Gasteiger charge is -2.10. The number of thioether (sulfide) groups is 1. The molecule has 0 saturated carbocycles.